The van der Waals surface area contributed by atoms with Crippen LogP contribution < -0.4 is 0 Å². The van der Waals surface area contributed by atoms with Crippen LogP contribution in [0.2, 0.25) is 0 Å². The zero-order chi connectivity index (χ0) is 36.4. The van der Waals surface area contributed by atoms with E-state index in [2.05, 4.69) is 193 Å². The van der Waals surface area contributed by atoms with Crippen LogP contribution in [0, 0.1) is 0 Å². The Morgan fingerprint density at radius 2 is 0.982 bits per heavy atom. The molecule has 11 aromatic rings. The van der Waals surface area contributed by atoms with Gasteiger partial charge in [-0.2, -0.15) is 0 Å². The largest absolute Gasteiger partial charge is 0.309 e. The van der Waals surface area contributed by atoms with E-state index in [1.807, 2.05) is 0 Å². The van der Waals surface area contributed by atoms with Gasteiger partial charge < -0.3 is 4.57 Å². The van der Waals surface area contributed by atoms with Crippen molar-refractivity contribution in [3.8, 4) is 34.0 Å². The highest BCUT2D eigenvalue weighted by atomic mass is 15.2. The van der Waals surface area contributed by atoms with Crippen molar-refractivity contribution in [3.63, 3.8) is 0 Å². The quantitative estimate of drug-likeness (QED) is 0.184. The molecule has 4 nitrogen and oxygen atoms in total. The van der Waals surface area contributed by atoms with Gasteiger partial charge in [-0.1, -0.05) is 147 Å². The number of hydrogen-bond acceptors (Lipinski definition) is 2. The predicted octanol–water partition coefficient (Wildman–Crippen LogP) is 13.0. The number of fused-ring (bicyclic) bond motifs is 12. The molecule has 0 aliphatic heterocycles. The van der Waals surface area contributed by atoms with E-state index in [1.165, 1.54) is 65.6 Å². The van der Waals surface area contributed by atoms with Crippen LogP contribution in [-0.4, -0.2) is 19.1 Å². The number of para-hydroxylation sites is 4. The van der Waals surface area contributed by atoms with E-state index >= 15 is 0 Å². The van der Waals surface area contributed by atoms with Gasteiger partial charge in [0, 0.05) is 43.3 Å². The minimum Gasteiger partial charge on any atom is -0.309 e. The van der Waals surface area contributed by atoms with Crippen LogP contribution in [0.25, 0.3) is 99.3 Å². The Labute approximate surface area is 317 Å². The second kappa shape index (κ2) is 11.0. The van der Waals surface area contributed by atoms with Gasteiger partial charge in [-0.3, -0.25) is 4.57 Å². The number of benzene rings is 8. The minimum absolute atomic E-state index is 0.120. The fraction of sp³-hybridized carbons (Fsp3) is 0.0588. The summed E-state index contributed by atoms with van der Waals surface area (Å²) in [4.78, 5) is 10.9. The fourth-order valence-corrected chi connectivity index (χ4v) is 9.63. The lowest BCUT2D eigenvalue weighted by Crippen LogP contribution is -2.15. The molecule has 0 saturated carbocycles. The first-order chi connectivity index (χ1) is 27.1. The van der Waals surface area contributed by atoms with Crippen LogP contribution in [0.4, 0.5) is 0 Å². The van der Waals surface area contributed by atoms with E-state index in [-0.39, 0.29) is 5.41 Å². The van der Waals surface area contributed by atoms with E-state index in [0.717, 1.165) is 38.9 Å². The van der Waals surface area contributed by atoms with Crippen molar-refractivity contribution in [2.75, 3.05) is 0 Å². The summed E-state index contributed by atoms with van der Waals surface area (Å²) in [7, 11) is 0. The minimum atomic E-state index is -0.120. The van der Waals surface area contributed by atoms with Crippen LogP contribution in [0.1, 0.15) is 25.0 Å². The lowest BCUT2D eigenvalue weighted by molar-refractivity contribution is 0.660. The first-order valence-electron chi connectivity index (χ1n) is 19.0. The summed E-state index contributed by atoms with van der Waals surface area (Å²) < 4.78 is 4.73. The average molecular weight is 703 g/mol. The molecule has 3 heterocycles. The molecular formula is C51H34N4. The van der Waals surface area contributed by atoms with Crippen molar-refractivity contribution in [3.05, 3.63) is 181 Å². The fourth-order valence-electron chi connectivity index (χ4n) is 9.63. The molecule has 55 heavy (non-hydrogen) atoms. The van der Waals surface area contributed by atoms with E-state index in [1.54, 1.807) is 0 Å². The van der Waals surface area contributed by atoms with Gasteiger partial charge in [0.2, 0.25) is 5.95 Å². The summed E-state index contributed by atoms with van der Waals surface area (Å²) in [6.45, 7) is 4.67. The number of nitrogens with zero attached hydrogens (tertiary/aromatic N) is 4. The molecule has 8 aromatic carbocycles. The Bertz CT molecular complexity index is 3360. The van der Waals surface area contributed by atoms with Crippen molar-refractivity contribution in [2.45, 2.75) is 19.3 Å². The molecule has 0 saturated heterocycles. The Morgan fingerprint density at radius 3 is 1.73 bits per heavy atom. The van der Waals surface area contributed by atoms with Crippen LogP contribution in [0.5, 0.6) is 0 Å². The zero-order valence-corrected chi connectivity index (χ0v) is 30.5. The normalized spacial score (nSPS) is 13.4. The highest BCUT2D eigenvalue weighted by molar-refractivity contribution is 6.24. The standard InChI is InChI=1S/C51H34N4/c1-51(2)40-22-10-5-15-32(40)33-28-27-31(29-41(33)51)49-38-20-6-11-23-42(38)52-50(53-49)55-45-26-14-9-21-39(45)48-37-19-4-3-18-36(37)46(30-47(48)55)54-43-24-12-7-16-34(43)35-17-8-13-25-44(35)54/h3-30H,1-2H3. The van der Waals surface area contributed by atoms with E-state index in [4.69, 9.17) is 9.97 Å². The molecule has 4 heteroatoms. The van der Waals surface area contributed by atoms with Crippen LogP contribution in [-0.2, 0) is 5.41 Å². The molecule has 0 N–H and O–H groups in total. The maximum atomic E-state index is 5.55. The maximum absolute atomic E-state index is 5.55. The third-order valence-corrected chi connectivity index (χ3v) is 12.1. The summed E-state index contributed by atoms with van der Waals surface area (Å²) in [5.74, 6) is 0.659. The summed E-state index contributed by atoms with van der Waals surface area (Å²) in [6.07, 6.45) is 0. The van der Waals surface area contributed by atoms with Crippen LogP contribution in [0.15, 0.2) is 170 Å². The van der Waals surface area contributed by atoms with Crippen LogP contribution >= 0.6 is 0 Å². The first-order valence-corrected chi connectivity index (χ1v) is 19.0. The lowest BCUT2D eigenvalue weighted by Gasteiger charge is -2.22. The van der Waals surface area contributed by atoms with Crippen molar-refractivity contribution in [2.24, 2.45) is 0 Å². The average Bonchev–Trinajstić information content (AvgIpc) is 3.83. The molecule has 3 aromatic heterocycles. The lowest BCUT2D eigenvalue weighted by atomic mass is 9.82. The molecule has 12 rings (SSSR count). The molecule has 0 amide bonds. The SMILES string of the molecule is CC1(C)c2ccccc2-c2ccc(-c3nc(-n4c5ccccc5c5c6ccccc6c(-n6c7ccccc7c7ccccc76)cc54)nc4ccccc34)cc21. The summed E-state index contributed by atoms with van der Waals surface area (Å²) in [5, 5.41) is 8.30. The number of aromatic nitrogens is 4. The highest BCUT2D eigenvalue weighted by Gasteiger charge is 2.35. The summed E-state index contributed by atoms with van der Waals surface area (Å²) in [6, 6.07) is 61.5. The third-order valence-electron chi connectivity index (χ3n) is 12.1. The van der Waals surface area contributed by atoms with E-state index in [9.17, 15) is 0 Å². The Kier molecular flexibility index (Phi) is 6.09. The second-order valence-electron chi connectivity index (χ2n) is 15.4. The maximum Gasteiger partial charge on any atom is 0.235 e. The topological polar surface area (TPSA) is 35.6 Å². The van der Waals surface area contributed by atoms with Crippen molar-refractivity contribution >= 4 is 65.3 Å². The molecular weight excluding hydrogens is 669 g/mol. The van der Waals surface area contributed by atoms with Crippen molar-refractivity contribution in [1.82, 2.24) is 19.1 Å². The summed E-state index contributed by atoms with van der Waals surface area (Å²) in [5.41, 5.74) is 13.8. The first kappa shape index (κ1) is 30.4. The highest BCUT2D eigenvalue weighted by Crippen LogP contribution is 2.50. The van der Waals surface area contributed by atoms with Gasteiger partial charge >= 0.3 is 0 Å². The Morgan fingerprint density at radius 1 is 0.418 bits per heavy atom. The van der Waals surface area contributed by atoms with Gasteiger partial charge in [-0.05, 0) is 64.0 Å². The summed E-state index contributed by atoms with van der Waals surface area (Å²) >= 11 is 0. The molecule has 258 valence electrons. The molecule has 0 radical (unpaired) electrons. The third kappa shape index (κ3) is 4.11. The Hall–Kier alpha value is -7.04. The zero-order valence-electron chi connectivity index (χ0n) is 30.5. The molecule has 0 unspecified atom stereocenters. The van der Waals surface area contributed by atoms with Gasteiger partial charge in [0.05, 0.1) is 39.0 Å². The molecule has 0 bridgehead atoms. The molecule has 1 aliphatic rings. The Balaban J connectivity index is 1.18. The van der Waals surface area contributed by atoms with E-state index in [0.29, 0.717) is 5.95 Å². The van der Waals surface area contributed by atoms with Gasteiger partial charge in [-0.15, -0.1) is 0 Å². The smallest absolute Gasteiger partial charge is 0.235 e. The van der Waals surface area contributed by atoms with E-state index < -0.39 is 0 Å². The molecule has 1 aliphatic carbocycles. The van der Waals surface area contributed by atoms with Gasteiger partial charge in [0.25, 0.3) is 0 Å². The van der Waals surface area contributed by atoms with Crippen molar-refractivity contribution < 1.29 is 0 Å². The van der Waals surface area contributed by atoms with Crippen molar-refractivity contribution in [1.29, 1.82) is 0 Å². The molecule has 0 fully saturated rings. The number of rotatable bonds is 3. The predicted molar refractivity (Wildman–Crippen MR) is 229 cm³/mol. The second-order valence-corrected chi connectivity index (χ2v) is 15.4. The molecule has 0 atom stereocenters. The molecule has 0 spiro atoms. The monoisotopic (exact) mass is 702 g/mol. The van der Waals surface area contributed by atoms with Gasteiger partial charge in [0.15, 0.2) is 0 Å². The van der Waals surface area contributed by atoms with Crippen LogP contribution in [0.3, 0.4) is 0 Å². The number of hydrogen-bond donors (Lipinski definition) is 0. The van der Waals surface area contributed by atoms with Gasteiger partial charge in [-0.25, -0.2) is 9.97 Å². The van der Waals surface area contributed by atoms with Gasteiger partial charge in [0.1, 0.15) is 0 Å².